The van der Waals surface area contributed by atoms with Crippen molar-refractivity contribution in [3.8, 4) is 0 Å². The van der Waals surface area contributed by atoms with Crippen molar-refractivity contribution in [1.82, 2.24) is 0 Å². The van der Waals surface area contributed by atoms with Crippen LogP contribution in [0.15, 0.2) is 0 Å². The van der Waals surface area contributed by atoms with Crippen molar-refractivity contribution in [3.05, 3.63) is 0 Å². The van der Waals surface area contributed by atoms with Crippen LogP contribution in [-0.4, -0.2) is 74.7 Å². The molecule has 330 valence electrons. The Balaban J connectivity index is 5.60. The number of carbonyl (C=O) groups is 4. The summed E-state index contributed by atoms with van der Waals surface area (Å²) in [5, 5.41) is 0. The first-order chi connectivity index (χ1) is 27.3. The van der Waals surface area contributed by atoms with Gasteiger partial charge in [-0.2, -0.15) is 0 Å². The first-order valence-electron chi connectivity index (χ1n) is 23.2. The first-order valence-corrected chi connectivity index (χ1v) is 23.2. The highest BCUT2D eigenvalue weighted by atomic mass is 16.6. The molecule has 0 saturated heterocycles. The van der Waals surface area contributed by atoms with Crippen LogP contribution >= 0.6 is 0 Å². The molecule has 4 atom stereocenters. The normalized spacial score (nSPS) is 13.5. The van der Waals surface area contributed by atoms with Crippen molar-refractivity contribution in [3.63, 3.8) is 0 Å². The molecule has 4 unspecified atom stereocenters. The van der Waals surface area contributed by atoms with E-state index in [1.165, 1.54) is 44.9 Å². The zero-order valence-corrected chi connectivity index (χ0v) is 37.0. The minimum absolute atomic E-state index is 0.140. The molecule has 56 heavy (non-hydrogen) atoms. The highest BCUT2D eigenvalue weighted by Crippen LogP contribution is 2.23. The molecule has 0 heterocycles. The SMILES string of the molecule is CCCCCCCCC(OCC)C(CCCCCCCC(=O)OCC)OC(=O)C(=O)OC(CCCCCCCC)C(CCCCCCCC(=O)OCC)OCC. The summed E-state index contributed by atoms with van der Waals surface area (Å²) in [5.74, 6) is -2.20. The van der Waals surface area contributed by atoms with E-state index >= 15 is 0 Å². The number of hydrogen-bond donors (Lipinski definition) is 0. The molecule has 0 aliphatic carbocycles. The summed E-state index contributed by atoms with van der Waals surface area (Å²) in [6.45, 7) is 13.8. The lowest BCUT2D eigenvalue weighted by Crippen LogP contribution is -2.39. The van der Waals surface area contributed by atoms with Crippen molar-refractivity contribution in [2.75, 3.05) is 26.4 Å². The van der Waals surface area contributed by atoms with E-state index in [4.69, 9.17) is 28.4 Å². The van der Waals surface area contributed by atoms with Gasteiger partial charge in [-0.25, -0.2) is 9.59 Å². The van der Waals surface area contributed by atoms with Crippen LogP contribution in [0.1, 0.15) is 221 Å². The second-order valence-corrected chi connectivity index (χ2v) is 15.2. The van der Waals surface area contributed by atoms with Gasteiger partial charge in [0.2, 0.25) is 0 Å². The lowest BCUT2D eigenvalue weighted by Gasteiger charge is -2.29. The molecule has 0 amide bonds. The molecular weight excluding hydrogens is 712 g/mol. The lowest BCUT2D eigenvalue weighted by atomic mass is 9.99. The van der Waals surface area contributed by atoms with Gasteiger partial charge in [0.15, 0.2) is 0 Å². The predicted molar refractivity (Wildman–Crippen MR) is 224 cm³/mol. The van der Waals surface area contributed by atoms with E-state index in [0.717, 1.165) is 109 Å². The second kappa shape index (κ2) is 39.6. The standard InChI is InChI=1S/C46H86O10/c1-7-13-15-17-21-27-33-39(51-9-3)42(36-30-24-20-26-32-38-44(48)54-12-6)56-46(50)45(49)55-41(35-29-22-18-16-14-8-2)40(52-10-4)34-28-23-19-25-31-37-43(47)53-11-5/h39-42H,7-38H2,1-6H3. The van der Waals surface area contributed by atoms with Gasteiger partial charge in [0.1, 0.15) is 12.2 Å². The Labute approximate surface area is 342 Å². The lowest BCUT2D eigenvalue weighted by molar-refractivity contribution is -0.183. The van der Waals surface area contributed by atoms with Gasteiger partial charge in [-0.05, 0) is 79.1 Å². The second-order valence-electron chi connectivity index (χ2n) is 15.2. The molecule has 0 rings (SSSR count). The number of rotatable bonds is 40. The fourth-order valence-electron chi connectivity index (χ4n) is 7.20. The Hall–Kier alpha value is -2.20. The van der Waals surface area contributed by atoms with Gasteiger partial charge in [-0.1, -0.05) is 129 Å². The van der Waals surface area contributed by atoms with Crippen LogP contribution in [0.25, 0.3) is 0 Å². The summed E-state index contributed by atoms with van der Waals surface area (Å²) in [5.41, 5.74) is 0. The third kappa shape index (κ3) is 30.9. The first kappa shape index (κ1) is 53.8. The van der Waals surface area contributed by atoms with Crippen LogP contribution in [0.4, 0.5) is 0 Å². The van der Waals surface area contributed by atoms with Gasteiger partial charge in [-0.3, -0.25) is 9.59 Å². The summed E-state index contributed by atoms with van der Waals surface area (Å²) >= 11 is 0. The zero-order valence-electron chi connectivity index (χ0n) is 37.0. The molecule has 10 heteroatoms. The van der Waals surface area contributed by atoms with E-state index in [1.54, 1.807) is 0 Å². The van der Waals surface area contributed by atoms with Crippen LogP contribution < -0.4 is 0 Å². The van der Waals surface area contributed by atoms with E-state index < -0.39 is 24.1 Å². The van der Waals surface area contributed by atoms with E-state index in [0.29, 0.717) is 52.1 Å². The van der Waals surface area contributed by atoms with Gasteiger partial charge in [0, 0.05) is 26.1 Å². The number of unbranched alkanes of at least 4 members (excludes halogenated alkanes) is 18. The van der Waals surface area contributed by atoms with Crippen LogP contribution in [-0.2, 0) is 47.6 Å². The van der Waals surface area contributed by atoms with Gasteiger partial charge in [0.25, 0.3) is 0 Å². The largest absolute Gasteiger partial charge is 0.466 e. The molecule has 0 aliphatic heterocycles. The highest BCUT2D eigenvalue weighted by Gasteiger charge is 2.33. The van der Waals surface area contributed by atoms with Crippen LogP contribution in [0.5, 0.6) is 0 Å². The van der Waals surface area contributed by atoms with Crippen LogP contribution in [0, 0.1) is 0 Å². The molecule has 10 nitrogen and oxygen atoms in total. The van der Waals surface area contributed by atoms with Gasteiger partial charge in [0.05, 0.1) is 25.4 Å². The molecule has 0 fully saturated rings. The average molecular weight is 799 g/mol. The fraction of sp³-hybridized carbons (Fsp3) is 0.913. The summed E-state index contributed by atoms with van der Waals surface area (Å²) in [7, 11) is 0. The quantitative estimate of drug-likeness (QED) is 0.0256. The van der Waals surface area contributed by atoms with E-state index in [1.807, 2.05) is 27.7 Å². The molecule has 0 radical (unpaired) electrons. The van der Waals surface area contributed by atoms with Crippen LogP contribution in [0.2, 0.25) is 0 Å². The molecule has 0 saturated carbocycles. The van der Waals surface area contributed by atoms with Crippen molar-refractivity contribution >= 4 is 23.9 Å². The zero-order chi connectivity index (χ0) is 41.5. The number of hydrogen-bond acceptors (Lipinski definition) is 10. The molecular formula is C46H86O10. The average Bonchev–Trinajstić information content (AvgIpc) is 3.18. The minimum Gasteiger partial charge on any atom is -0.466 e. The Morgan fingerprint density at radius 2 is 0.625 bits per heavy atom. The summed E-state index contributed by atoms with van der Waals surface area (Å²) in [4.78, 5) is 50.4. The topological polar surface area (TPSA) is 124 Å². The Morgan fingerprint density at radius 1 is 0.339 bits per heavy atom. The maximum absolute atomic E-state index is 13.5. The number of esters is 4. The minimum atomic E-state index is -0.957. The summed E-state index contributed by atoms with van der Waals surface area (Å²) in [6.07, 6.45) is 24.5. The van der Waals surface area contributed by atoms with Crippen molar-refractivity contribution < 1.29 is 47.6 Å². The van der Waals surface area contributed by atoms with Gasteiger partial charge in [-0.15, -0.1) is 0 Å². The third-order valence-corrected chi connectivity index (χ3v) is 10.3. The Kier molecular flexibility index (Phi) is 38.1. The molecule has 0 aromatic rings. The maximum Gasteiger partial charge on any atom is 0.417 e. The fourth-order valence-corrected chi connectivity index (χ4v) is 7.20. The van der Waals surface area contributed by atoms with E-state index in [-0.39, 0.29) is 24.1 Å². The third-order valence-electron chi connectivity index (χ3n) is 10.3. The van der Waals surface area contributed by atoms with Crippen molar-refractivity contribution in [2.45, 2.75) is 246 Å². The van der Waals surface area contributed by atoms with Gasteiger partial charge >= 0.3 is 23.9 Å². The van der Waals surface area contributed by atoms with Crippen molar-refractivity contribution in [2.24, 2.45) is 0 Å². The maximum atomic E-state index is 13.5. The monoisotopic (exact) mass is 799 g/mol. The Bertz CT molecular complexity index is 941. The molecule has 0 spiro atoms. The summed E-state index contributed by atoms with van der Waals surface area (Å²) < 4.78 is 34.5. The van der Waals surface area contributed by atoms with Crippen molar-refractivity contribution in [1.29, 1.82) is 0 Å². The predicted octanol–water partition coefficient (Wildman–Crippen LogP) is 11.7. The smallest absolute Gasteiger partial charge is 0.417 e. The van der Waals surface area contributed by atoms with Crippen LogP contribution in [0.3, 0.4) is 0 Å². The van der Waals surface area contributed by atoms with E-state index in [2.05, 4.69) is 13.8 Å². The van der Waals surface area contributed by atoms with E-state index in [9.17, 15) is 19.2 Å². The van der Waals surface area contributed by atoms with Gasteiger partial charge < -0.3 is 28.4 Å². The Morgan fingerprint density at radius 3 is 0.929 bits per heavy atom. The molecule has 0 aromatic carbocycles. The number of carbonyl (C=O) groups excluding carboxylic acids is 4. The number of ether oxygens (including phenoxy) is 6. The molecule has 0 aliphatic rings. The molecule has 0 N–H and O–H groups in total. The highest BCUT2D eigenvalue weighted by molar-refractivity contribution is 6.29. The molecule has 0 aromatic heterocycles. The summed E-state index contributed by atoms with van der Waals surface area (Å²) in [6, 6.07) is 0. The molecule has 0 bridgehead atoms.